The number of nitrogens with zero attached hydrogens (tertiary/aromatic N) is 2. The number of hydrogen-bond donors (Lipinski definition) is 1. The molecule has 0 saturated heterocycles. The maximum atomic E-state index is 12.9. The van der Waals surface area contributed by atoms with Crippen LogP contribution >= 0.6 is 0 Å². The van der Waals surface area contributed by atoms with Gasteiger partial charge in [0.25, 0.3) is 0 Å². The number of aryl methyl sites for hydroxylation is 2. The second-order valence-corrected chi connectivity index (χ2v) is 8.92. The molecule has 0 fully saturated rings. The molecule has 1 amide bonds. The highest BCUT2D eigenvalue weighted by atomic mass is 32.2. The van der Waals surface area contributed by atoms with Gasteiger partial charge in [-0.25, -0.2) is 13.4 Å². The molecule has 10 heteroatoms. The number of sulfonamides is 1. The van der Waals surface area contributed by atoms with Gasteiger partial charge < -0.3 is 10.1 Å². The van der Waals surface area contributed by atoms with Crippen LogP contribution in [0.25, 0.3) is 6.08 Å². The molecule has 0 spiro atoms. The van der Waals surface area contributed by atoms with Gasteiger partial charge in [-0.1, -0.05) is 12.1 Å². The van der Waals surface area contributed by atoms with E-state index in [-0.39, 0.29) is 23.6 Å². The summed E-state index contributed by atoms with van der Waals surface area (Å²) in [6, 6.07) is 9.52. The van der Waals surface area contributed by atoms with E-state index in [0.29, 0.717) is 17.8 Å². The van der Waals surface area contributed by atoms with E-state index in [1.807, 2.05) is 0 Å². The number of alkyl halides is 2. The summed E-state index contributed by atoms with van der Waals surface area (Å²) < 4.78 is 55.9. The first-order valence-electron chi connectivity index (χ1n) is 9.13. The van der Waals surface area contributed by atoms with E-state index in [4.69, 9.17) is 0 Å². The van der Waals surface area contributed by atoms with Crippen LogP contribution in [0, 0.1) is 6.92 Å². The van der Waals surface area contributed by atoms with Gasteiger partial charge >= 0.3 is 6.61 Å². The summed E-state index contributed by atoms with van der Waals surface area (Å²) >= 11 is 0. The molecular weight excluding hydrogens is 416 g/mol. The molecular formula is C20H21F2N3O4S. The third-order valence-electron chi connectivity index (χ3n) is 4.56. The zero-order valence-electron chi connectivity index (χ0n) is 16.4. The Morgan fingerprint density at radius 2 is 2.03 bits per heavy atom. The van der Waals surface area contributed by atoms with Gasteiger partial charge in [-0.15, -0.1) is 0 Å². The summed E-state index contributed by atoms with van der Waals surface area (Å²) in [4.78, 5) is 16.5. The summed E-state index contributed by atoms with van der Waals surface area (Å²) in [5.74, 6) is -0.134. The number of carbonyl (C=O) groups excluding carboxylic acids is 1. The molecule has 0 radical (unpaired) electrons. The number of anilines is 1. The smallest absolute Gasteiger partial charge is 0.387 e. The molecule has 7 nitrogen and oxygen atoms in total. The van der Waals surface area contributed by atoms with Crippen LogP contribution in [0.5, 0.6) is 5.75 Å². The first kappa shape index (κ1) is 21.8. The molecule has 160 valence electrons. The number of hydrogen-bond acceptors (Lipinski definition) is 5. The number of halogens is 2. The molecule has 0 bridgehead atoms. The third-order valence-corrected chi connectivity index (χ3v) is 6.49. The van der Waals surface area contributed by atoms with Crippen LogP contribution in [0.3, 0.4) is 0 Å². The molecule has 1 heterocycles. The van der Waals surface area contributed by atoms with Crippen molar-refractivity contribution in [1.82, 2.24) is 9.29 Å². The molecule has 1 aromatic heterocycles. The normalized spacial score (nSPS) is 13.7. The standard InChI is InChI=1S/C20H21F2N3O4S/c1-13-4-3-5-18(23-13)24-19(26)12-25(2)30(27,28)17-9-7-14-10-16(29-20(21)22)8-6-15(14)11-17/h3-6,8,10-11,20H,7,9,12H2,1-2H3,(H,23,24,26). The van der Waals surface area contributed by atoms with E-state index in [2.05, 4.69) is 15.0 Å². The SMILES string of the molecule is Cc1cccc(NC(=O)CN(C)S(=O)(=O)C2=Cc3ccc(OC(F)F)cc3CC2)n1. The average Bonchev–Trinajstić information content (AvgIpc) is 2.66. The first-order valence-corrected chi connectivity index (χ1v) is 10.6. The number of amides is 1. The van der Waals surface area contributed by atoms with Crippen molar-refractivity contribution in [3.63, 3.8) is 0 Å². The Balaban J connectivity index is 1.71. The van der Waals surface area contributed by atoms with Gasteiger partial charge in [0.2, 0.25) is 15.9 Å². The number of carbonyl (C=O) groups is 1. The zero-order valence-corrected chi connectivity index (χ0v) is 17.2. The number of pyridine rings is 1. The lowest BCUT2D eigenvalue weighted by molar-refractivity contribution is -0.116. The minimum absolute atomic E-state index is 0.0296. The van der Waals surface area contributed by atoms with Crippen molar-refractivity contribution in [3.8, 4) is 5.75 Å². The molecule has 1 aliphatic carbocycles. The molecule has 0 unspecified atom stereocenters. The lowest BCUT2D eigenvalue weighted by Gasteiger charge is -2.22. The monoisotopic (exact) mass is 437 g/mol. The fourth-order valence-electron chi connectivity index (χ4n) is 3.10. The van der Waals surface area contributed by atoms with E-state index >= 15 is 0 Å². The van der Waals surface area contributed by atoms with Crippen molar-refractivity contribution in [2.45, 2.75) is 26.4 Å². The van der Waals surface area contributed by atoms with Crippen molar-refractivity contribution in [3.05, 3.63) is 58.1 Å². The fourth-order valence-corrected chi connectivity index (χ4v) is 4.43. The Labute approximate surface area is 173 Å². The maximum absolute atomic E-state index is 12.9. The maximum Gasteiger partial charge on any atom is 0.387 e. The minimum atomic E-state index is -3.87. The highest BCUT2D eigenvalue weighted by Crippen LogP contribution is 2.31. The Morgan fingerprint density at radius 3 is 2.73 bits per heavy atom. The molecule has 2 aromatic rings. The van der Waals surface area contributed by atoms with Crippen molar-refractivity contribution in [2.75, 3.05) is 18.9 Å². The summed E-state index contributed by atoms with van der Waals surface area (Å²) in [6.45, 7) is -1.51. The Bertz CT molecular complexity index is 1090. The van der Waals surface area contributed by atoms with Gasteiger partial charge in [0, 0.05) is 12.7 Å². The molecule has 1 N–H and O–H groups in total. The summed E-state index contributed by atoms with van der Waals surface area (Å²) in [5, 5.41) is 2.58. The Morgan fingerprint density at radius 1 is 1.27 bits per heavy atom. The van der Waals surface area contributed by atoms with E-state index < -0.39 is 22.5 Å². The Hall–Kier alpha value is -2.85. The topological polar surface area (TPSA) is 88.6 Å². The van der Waals surface area contributed by atoms with Gasteiger partial charge in [0.05, 0.1) is 11.4 Å². The van der Waals surface area contributed by atoms with Gasteiger partial charge in [-0.2, -0.15) is 13.1 Å². The average molecular weight is 437 g/mol. The zero-order chi connectivity index (χ0) is 21.9. The number of likely N-dealkylation sites (N-methyl/N-ethyl adjacent to an activating group) is 1. The number of nitrogens with one attached hydrogen (secondary N) is 1. The van der Waals surface area contributed by atoms with Crippen LogP contribution in [0.4, 0.5) is 14.6 Å². The lowest BCUT2D eigenvalue weighted by Crippen LogP contribution is -2.36. The largest absolute Gasteiger partial charge is 0.435 e. The summed E-state index contributed by atoms with van der Waals surface area (Å²) in [6.07, 6.45) is 2.05. The molecule has 0 atom stereocenters. The van der Waals surface area contributed by atoms with E-state index in [0.717, 1.165) is 15.6 Å². The van der Waals surface area contributed by atoms with Gasteiger partial charge in [-0.05, 0) is 61.2 Å². The Kier molecular flexibility index (Phi) is 6.47. The summed E-state index contributed by atoms with van der Waals surface area (Å²) in [7, 11) is -2.54. The fraction of sp³-hybridized carbons (Fsp3) is 0.300. The third kappa shape index (κ3) is 5.19. The van der Waals surface area contributed by atoms with E-state index in [1.54, 1.807) is 25.1 Å². The second kappa shape index (κ2) is 8.88. The number of fused-ring (bicyclic) bond motifs is 1. The van der Waals surface area contributed by atoms with Gasteiger partial charge in [0.15, 0.2) is 0 Å². The number of allylic oxidation sites excluding steroid dienone is 1. The predicted molar refractivity (Wildman–Crippen MR) is 109 cm³/mol. The van der Waals surface area contributed by atoms with Crippen molar-refractivity contribution >= 4 is 27.8 Å². The van der Waals surface area contributed by atoms with Crippen LogP contribution < -0.4 is 10.1 Å². The quantitative estimate of drug-likeness (QED) is 0.719. The number of aromatic nitrogens is 1. The van der Waals surface area contributed by atoms with Crippen LogP contribution in [0.1, 0.15) is 23.2 Å². The predicted octanol–water partition coefficient (Wildman–Crippen LogP) is 3.18. The molecule has 3 rings (SSSR count). The summed E-state index contributed by atoms with van der Waals surface area (Å²) in [5.41, 5.74) is 2.06. The van der Waals surface area contributed by atoms with Crippen LogP contribution in [0.15, 0.2) is 41.3 Å². The van der Waals surface area contributed by atoms with E-state index in [1.165, 1.54) is 31.3 Å². The number of benzene rings is 1. The lowest BCUT2D eigenvalue weighted by atomic mass is 9.97. The number of rotatable bonds is 7. The van der Waals surface area contributed by atoms with Crippen molar-refractivity contribution < 1.29 is 26.7 Å². The van der Waals surface area contributed by atoms with Crippen molar-refractivity contribution in [1.29, 1.82) is 0 Å². The first-order chi connectivity index (χ1) is 14.1. The van der Waals surface area contributed by atoms with Crippen molar-refractivity contribution in [2.24, 2.45) is 0 Å². The molecule has 0 saturated carbocycles. The van der Waals surface area contributed by atoms with Crippen LogP contribution in [-0.2, 0) is 21.2 Å². The molecule has 30 heavy (non-hydrogen) atoms. The highest BCUT2D eigenvalue weighted by molar-refractivity contribution is 7.93. The van der Waals surface area contributed by atoms with Crippen LogP contribution in [-0.4, -0.2) is 43.8 Å². The van der Waals surface area contributed by atoms with E-state index in [9.17, 15) is 22.0 Å². The second-order valence-electron chi connectivity index (χ2n) is 6.82. The molecule has 1 aliphatic rings. The number of ether oxygens (including phenoxy) is 1. The highest BCUT2D eigenvalue weighted by Gasteiger charge is 2.28. The molecule has 0 aliphatic heterocycles. The molecule has 1 aromatic carbocycles. The van der Waals surface area contributed by atoms with Gasteiger partial charge in [0.1, 0.15) is 11.6 Å². The van der Waals surface area contributed by atoms with Gasteiger partial charge in [-0.3, -0.25) is 4.79 Å². The van der Waals surface area contributed by atoms with Crippen LogP contribution in [0.2, 0.25) is 0 Å². The minimum Gasteiger partial charge on any atom is -0.435 e.